The van der Waals surface area contributed by atoms with E-state index in [2.05, 4.69) is 9.88 Å². The van der Waals surface area contributed by atoms with Gasteiger partial charge in [-0.25, -0.2) is 12.8 Å². The highest BCUT2D eigenvalue weighted by molar-refractivity contribution is 7.89. The van der Waals surface area contributed by atoms with E-state index in [-0.39, 0.29) is 10.9 Å². The van der Waals surface area contributed by atoms with Crippen molar-refractivity contribution in [3.05, 3.63) is 24.3 Å². The fourth-order valence-corrected chi connectivity index (χ4v) is 5.06. The summed E-state index contributed by atoms with van der Waals surface area (Å²) in [6.07, 6.45) is 5.16. The molecule has 2 fully saturated rings. The Morgan fingerprint density at radius 2 is 2.19 bits per heavy atom. The molecule has 3 heterocycles. The Balaban J connectivity index is 1.92. The zero-order chi connectivity index (χ0) is 15.0. The zero-order valence-corrected chi connectivity index (χ0v) is 12.9. The van der Waals surface area contributed by atoms with Crippen molar-refractivity contribution in [2.45, 2.75) is 43.2 Å². The van der Waals surface area contributed by atoms with Crippen LogP contribution in [-0.4, -0.2) is 54.3 Å². The maximum absolute atomic E-state index is 13.3. The molecule has 0 spiro atoms. The Morgan fingerprint density at radius 1 is 1.38 bits per heavy atom. The van der Waals surface area contributed by atoms with Crippen molar-refractivity contribution in [3.63, 3.8) is 0 Å². The number of pyridine rings is 1. The lowest BCUT2D eigenvalue weighted by Crippen LogP contribution is -2.57. The summed E-state index contributed by atoms with van der Waals surface area (Å²) in [6.45, 7) is 4.31. The lowest BCUT2D eigenvalue weighted by atomic mass is 10.1. The first-order chi connectivity index (χ1) is 10.0. The second kappa shape index (κ2) is 5.62. The molecule has 0 aliphatic carbocycles. The van der Waals surface area contributed by atoms with Crippen LogP contribution in [0.5, 0.6) is 0 Å². The van der Waals surface area contributed by atoms with Crippen molar-refractivity contribution in [3.8, 4) is 0 Å². The molecule has 1 aromatic rings. The number of aromatic nitrogens is 1. The lowest BCUT2D eigenvalue weighted by Gasteiger charge is -2.42. The summed E-state index contributed by atoms with van der Waals surface area (Å²) >= 11 is 0. The van der Waals surface area contributed by atoms with Crippen LogP contribution in [0.4, 0.5) is 4.39 Å². The van der Waals surface area contributed by atoms with Gasteiger partial charge in [-0.1, -0.05) is 6.92 Å². The van der Waals surface area contributed by atoms with Crippen molar-refractivity contribution >= 4 is 10.0 Å². The van der Waals surface area contributed by atoms with E-state index in [1.165, 1.54) is 6.20 Å². The smallest absolute Gasteiger partial charge is 0.245 e. The third-order valence-electron chi connectivity index (χ3n) is 4.50. The van der Waals surface area contributed by atoms with Gasteiger partial charge in [0.05, 0.1) is 6.20 Å². The number of sulfonamides is 1. The van der Waals surface area contributed by atoms with Crippen molar-refractivity contribution in [1.82, 2.24) is 14.2 Å². The van der Waals surface area contributed by atoms with E-state index in [4.69, 9.17) is 0 Å². The molecule has 21 heavy (non-hydrogen) atoms. The fraction of sp³-hybridized carbons (Fsp3) is 0.643. The maximum Gasteiger partial charge on any atom is 0.245 e. The van der Waals surface area contributed by atoms with Gasteiger partial charge < -0.3 is 0 Å². The van der Waals surface area contributed by atoms with Gasteiger partial charge in [0.2, 0.25) is 10.0 Å². The molecule has 2 saturated heterocycles. The quantitative estimate of drug-likeness (QED) is 0.848. The maximum atomic E-state index is 13.3. The largest absolute Gasteiger partial charge is 0.297 e. The lowest BCUT2D eigenvalue weighted by molar-refractivity contribution is 0.106. The van der Waals surface area contributed by atoms with Crippen LogP contribution in [0, 0.1) is 5.82 Å². The van der Waals surface area contributed by atoms with Gasteiger partial charge in [-0.2, -0.15) is 4.31 Å². The summed E-state index contributed by atoms with van der Waals surface area (Å²) in [4.78, 5) is 6.00. The average molecular weight is 313 g/mol. The van der Waals surface area contributed by atoms with E-state index in [9.17, 15) is 12.8 Å². The number of fused-ring (bicyclic) bond motifs is 1. The second-order valence-electron chi connectivity index (χ2n) is 5.77. The predicted octanol–water partition coefficient (Wildman–Crippen LogP) is 1.47. The van der Waals surface area contributed by atoms with E-state index in [0.29, 0.717) is 12.6 Å². The van der Waals surface area contributed by atoms with Gasteiger partial charge in [0, 0.05) is 31.4 Å². The Hall–Kier alpha value is -1.05. The van der Waals surface area contributed by atoms with Crippen LogP contribution in [0.2, 0.25) is 0 Å². The molecule has 7 heteroatoms. The van der Waals surface area contributed by atoms with Crippen molar-refractivity contribution < 1.29 is 12.8 Å². The Morgan fingerprint density at radius 3 is 2.90 bits per heavy atom. The molecule has 0 saturated carbocycles. The van der Waals surface area contributed by atoms with E-state index >= 15 is 0 Å². The number of rotatable bonds is 3. The third kappa shape index (κ3) is 2.69. The number of piperazine rings is 1. The first kappa shape index (κ1) is 14.9. The third-order valence-corrected chi connectivity index (χ3v) is 6.38. The molecule has 0 unspecified atom stereocenters. The van der Waals surface area contributed by atoms with Gasteiger partial charge in [-0.3, -0.25) is 9.88 Å². The molecule has 5 nitrogen and oxygen atoms in total. The predicted molar refractivity (Wildman–Crippen MR) is 76.8 cm³/mol. The van der Waals surface area contributed by atoms with Crippen molar-refractivity contribution in [2.75, 3.05) is 19.6 Å². The van der Waals surface area contributed by atoms with Gasteiger partial charge in [0.15, 0.2) is 0 Å². The summed E-state index contributed by atoms with van der Waals surface area (Å²) in [6, 6.07) is 1.30. The summed E-state index contributed by atoms with van der Waals surface area (Å²) < 4.78 is 40.5. The molecule has 116 valence electrons. The first-order valence-electron chi connectivity index (χ1n) is 7.39. The minimum absolute atomic E-state index is 0.0485. The van der Waals surface area contributed by atoms with E-state index in [1.54, 1.807) is 4.31 Å². The molecule has 0 radical (unpaired) electrons. The number of hydrogen-bond acceptors (Lipinski definition) is 4. The molecule has 1 aromatic heterocycles. The number of nitrogens with zero attached hydrogens (tertiary/aromatic N) is 3. The summed E-state index contributed by atoms with van der Waals surface area (Å²) in [5, 5.41) is 0. The van der Waals surface area contributed by atoms with E-state index < -0.39 is 15.8 Å². The SMILES string of the molecule is CC[C@@H]1CN2CCC[C@H]2CN1S(=O)(=O)c1cncc(F)c1. The molecule has 0 amide bonds. The molecule has 0 aromatic carbocycles. The summed E-state index contributed by atoms with van der Waals surface area (Å²) in [7, 11) is -3.68. The second-order valence-corrected chi connectivity index (χ2v) is 7.66. The molecule has 2 atom stereocenters. The highest BCUT2D eigenvalue weighted by atomic mass is 32.2. The van der Waals surface area contributed by atoms with Gasteiger partial charge in [-0.15, -0.1) is 0 Å². The molecule has 0 N–H and O–H groups in total. The van der Waals surface area contributed by atoms with E-state index in [0.717, 1.165) is 44.6 Å². The van der Waals surface area contributed by atoms with Crippen LogP contribution in [0.15, 0.2) is 23.4 Å². The molecule has 2 aliphatic rings. The standard InChI is InChI=1S/C14H20FN3O2S/c1-2-12-9-17-5-3-4-13(17)10-18(12)21(19,20)14-6-11(15)7-16-8-14/h6-8,12-13H,2-5,9-10H2,1H3/t12-,13+/m1/s1. The molecular weight excluding hydrogens is 293 g/mol. The van der Waals surface area contributed by atoms with Crippen molar-refractivity contribution in [2.24, 2.45) is 0 Å². The Kier molecular flexibility index (Phi) is 3.98. The summed E-state index contributed by atoms with van der Waals surface area (Å²) in [5.41, 5.74) is 0. The highest BCUT2D eigenvalue weighted by Crippen LogP contribution is 2.30. The zero-order valence-electron chi connectivity index (χ0n) is 12.1. The van der Waals surface area contributed by atoms with Crippen LogP contribution in [0.25, 0.3) is 0 Å². The van der Waals surface area contributed by atoms with Gasteiger partial charge >= 0.3 is 0 Å². The normalized spacial score (nSPS) is 27.7. The number of halogens is 1. The first-order valence-corrected chi connectivity index (χ1v) is 8.83. The minimum atomic E-state index is -3.68. The Bertz CT molecular complexity index is 622. The molecule has 2 aliphatic heterocycles. The van der Waals surface area contributed by atoms with Gasteiger partial charge in [0.25, 0.3) is 0 Å². The van der Waals surface area contributed by atoms with E-state index in [1.807, 2.05) is 6.92 Å². The van der Waals surface area contributed by atoms with Crippen LogP contribution in [-0.2, 0) is 10.0 Å². The molecule has 0 bridgehead atoms. The highest BCUT2D eigenvalue weighted by Gasteiger charge is 2.41. The van der Waals surface area contributed by atoms with Gasteiger partial charge in [-0.05, 0) is 31.9 Å². The minimum Gasteiger partial charge on any atom is -0.297 e. The molecule has 3 rings (SSSR count). The fourth-order valence-electron chi connectivity index (χ4n) is 3.36. The van der Waals surface area contributed by atoms with Crippen LogP contribution < -0.4 is 0 Å². The molecular formula is C14H20FN3O2S. The average Bonchev–Trinajstić information content (AvgIpc) is 2.93. The monoisotopic (exact) mass is 313 g/mol. The van der Waals surface area contributed by atoms with Crippen LogP contribution >= 0.6 is 0 Å². The van der Waals surface area contributed by atoms with Crippen molar-refractivity contribution in [1.29, 1.82) is 0 Å². The number of hydrogen-bond donors (Lipinski definition) is 0. The Labute approximate surface area is 124 Å². The van der Waals surface area contributed by atoms with Crippen LogP contribution in [0.3, 0.4) is 0 Å². The topological polar surface area (TPSA) is 53.5 Å². The van der Waals surface area contributed by atoms with Crippen LogP contribution in [0.1, 0.15) is 26.2 Å². The van der Waals surface area contributed by atoms with Gasteiger partial charge in [0.1, 0.15) is 10.7 Å². The summed E-state index contributed by atoms with van der Waals surface area (Å²) in [5.74, 6) is -0.622.